The molecule has 1 saturated heterocycles. The van der Waals surface area contributed by atoms with Gasteiger partial charge < -0.3 is 30.1 Å². The van der Waals surface area contributed by atoms with Gasteiger partial charge in [-0.1, -0.05) is 24.4 Å². The Labute approximate surface area is 207 Å². The number of benzene rings is 1. The lowest BCUT2D eigenvalue weighted by atomic mass is 9.96. The molecule has 1 aromatic heterocycles. The number of aliphatic hydroxyl groups is 3. The van der Waals surface area contributed by atoms with E-state index in [1.54, 1.807) is 24.3 Å². The van der Waals surface area contributed by atoms with Gasteiger partial charge in [-0.25, -0.2) is 4.68 Å². The lowest BCUT2D eigenvalue weighted by Gasteiger charge is -2.42. The Kier molecular flexibility index (Phi) is 7.90. The van der Waals surface area contributed by atoms with E-state index < -0.39 is 43.1 Å². The van der Waals surface area contributed by atoms with Crippen LogP contribution in [0, 0.1) is 4.77 Å². The number of ether oxygens (including phenoxy) is 2. The molecule has 0 unspecified atom stereocenters. The first-order chi connectivity index (χ1) is 16.3. The van der Waals surface area contributed by atoms with Crippen LogP contribution in [0.1, 0.15) is 50.7 Å². The number of aromatic nitrogens is 3. The first-order valence-corrected chi connectivity index (χ1v) is 12.1. The molecule has 1 saturated carbocycles. The molecule has 4 rings (SSSR count). The fourth-order valence-corrected chi connectivity index (χ4v) is 5.13. The van der Waals surface area contributed by atoms with Gasteiger partial charge in [-0.3, -0.25) is 9.36 Å². The van der Waals surface area contributed by atoms with Crippen molar-refractivity contribution in [3.05, 3.63) is 39.9 Å². The van der Waals surface area contributed by atoms with Crippen LogP contribution in [-0.2, 0) is 16.1 Å². The van der Waals surface area contributed by atoms with Gasteiger partial charge in [0.25, 0.3) is 0 Å². The Morgan fingerprint density at radius 1 is 1.26 bits per heavy atom. The van der Waals surface area contributed by atoms with Crippen LogP contribution in [0.3, 0.4) is 0 Å². The zero-order valence-electron chi connectivity index (χ0n) is 18.7. The topological polar surface area (TPSA) is 131 Å². The molecule has 2 fully saturated rings. The van der Waals surface area contributed by atoms with E-state index in [-0.39, 0.29) is 12.6 Å². The Morgan fingerprint density at radius 2 is 1.94 bits per heavy atom. The number of nitrogens with one attached hydrogen (secondary N) is 1. The van der Waals surface area contributed by atoms with E-state index in [9.17, 15) is 20.1 Å². The van der Waals surface area contributed by atoms with Crippen LogP contribution in [0.5, 0.6) is 5.75 Å². The molecule has 0 spiro atoms. The Morgan fingerprint density at radius 3 is 2.56 bits per heavy atom. The second kappa shape index (κ2) is 10.7. The van der Waals surface area contributed by atoms with E-state index in [0.29, 0.717) is 21.4 Å². The Balaban J connectivity index is 1.70. The minimum absolute atomic E-state index is 0.126. The zero-order chi connectivity index (χ0) is 24.4. The van der Waals surface area contributed by atoms with Crippen LogP contribution >= 0.6 is 23.8 Å². The van der Waals surface area contributed by atoms with Crippen LogP contribution in [0.4, 0.5) is 0 Å². The molecule has 0 radical (unpaired) electrons. The molecule has 1 aliphatic carbocycles. The summed E-state index contributed by atoms with van der Waals surface area (Å²) in [6.45, 7) is 0.904. The molecule has 2 aromatic rings. The molecule has 186 valence electrons. The van der Waals surface area contributed by atoms with Crippen LogP contribution in [0.25, 0.3) is 0 Å². The molecule has 4 N–H and O–H groups in total. The summed E-state index contributed by atoms with van der Waals surface area (Å²) in [7, 11) is 0. The molecule has 34 heavy (non-hydrogen) atoms. The molecule has 2 heterocycles. The fourth-order valence-electron chi connectivity index (χ4n) is 4.61. The lowest BCUT2D eigenvalue weighted by Crippen LogP contribution is -2.62. The molecule has 10 nitrogen and oxygen atoms in total. The lowest BCUT2D eigenvalue weighted by molar-refractivity contribution is -0.219. The maximum absolute atomic E-state index is 11.8. The average Bonchev–Trinajstić information content (AvgIpc) is 3.44. The first kappa shape index (κ1) is 25.1. The number of aliphatic hydroxyl groups excluding tert-OH is 3. The van der Waals surface area contributed by atoms with Crippen molar-refractivity contribution in [2.75, 3.05) is 6.61 Å². The molecule has 12 heteroatoms. The number of halogens is 1. The SMILES string of the molecule is CC(=O)N[C@@H]1[C@@H](O)[C@H](O)[C@@H](CO)O[C@H]1n1nc(COc2ccc(Cl)cc2)n(C2CCCC2)c1=S. The summed E-state index contributed by atoms with van der Waals surface area (Å²) in [6, 6.07) is 6.09. The maximum atomic E-state index is 11.8. The van der Waals surface area contributed by atoms with Crippen molar-refractivity contribution in [1.82, 2.24) is 19.7 Å². The number of amides is 1. The minimum atomic E-state index is -1.40. The van der Waals surface area contributed by atoms with Gasteiger partial charge in [0.15, 0.2) is 12.1 Å². The monoisotopic (exact) mass is 512 g/mol. The largest absolute Gasteiger partial charge is 0.486 e. The predicted octanol–water partition coefficient (Wildman–Crippen LogP) is 1.88. The predicted molar refractivity (Wildman–Crippen MR) is 125 cm³/mol. The van der Waals surface area contributed by atoms with Gasteiger partial charge in [0.05, 0.1) is 6.61 Å². The summed E-state index contributed by atoms with van der Waals surface area (Å²) in [4.78, 5) is 11.8. The molecular formula is C22H29ClN4O6S. The van der Waals surface area contributed by atoms with E-state index in [4.69, 9.17) is 33.3 Å². The zero-order valence-corrected chi connectivity index (χ0v) is 20.3. The summed E-state index contributed by atoms with van der Waals surface area (Å²) in [5, 5.41) is 38.6. The number of hydrogen-bond donors (Lipinski definition) is 4. The normalized spacial score (nSPS) is 27.6. The smallest absolute Gasteiger partial charge is 0.217 e. The van der Waals surface area contributed by atoms with Gasteiger partial charge in [-0.15, -0.1) is 0 Å². The first-order valence-electron chi connectivity index (χ1n) is 11.3. The quantitative estimate of drug-likeness (QED) is 0.414. The summed E-state index contributed by atoms with van der Waals surface area (Å²) >= 11 is 11.7. The fraction of sp³-hybridized carbons (Fsp3) is 0.591. The van der Waals surface area contributed by atoms with Crippen LogP contribution in [0.2, 0.25) is 5.02 Å². The third-order valence-electron chi connectivity index (χ3n) is 6.29. The van der Waals surface area contributed by atoms with E-state index in [1.165, 1.54) is 11.6 Å². The number of hydrogen-bond acceptors (Lipinski definition) is 8. The number of carbonyl (C=O) groups excluding carboxylic acids is 1. The summed E-state index contributed by atoms with van der Waals surface area (Å²) in [5.41, 5.74) is 0. The van der Waals surface area contributed by atoms with Gasteiger partial charge in [-0.2, -0.15) is 5.10 Å². The van der Waals surface area contributed by atoms with Crippen molar-refractivity contribution < 1.29 is 29.6 Å². The van der Waals surface area contributed by atoms with Crippen molar-refractivity contribution in [2.24, 2.45) is 0 Å². The number of carbonyl (C=O) groups is 1. The van der Waals surface area contributed by atoms with Gasteiger partial charge in [0.1, 0.15) is 36.7 Å². The van der Waals surface area contributed by atoms with Crippen LogP contribution in [0.15, 0.2) is 24.3 Å². The van der Waals surface area contributed by atoms with Gasteiger partial charge in [0.2, 0.25) is 10.7 Å². The van der Waals surface area contributed by atoms with Crippen LogP contribution in [-0.4, -0.2) is 66.5 Å². The summed E-state index contributed by atoms with van der Waals surface area (Å²) in [5.74, 6) is 0.769. The van der Waals surface area contributed by atoms with Crippen molar-refractivity contribution >= 4 is 29.7 Å². The molecular weight excluding hydrogens is 484 g/mol. The van der Waals surface area contributed by atoms with Gasteiger partial charge >= 0.3 is 0 Å². The van der Waals surface area contributed by atoms with Crippen molar-refractivity contribution in [3.63, 3.8) is 0 Å². The highest BCUT2D eigenvalue weighted by molar-refractivity contribution is 7.71. The molecule has 1 aromatic carbocycles. The third kappa shape index (κ3) is 5.14. The van der Waals surface area contributed by atoms with Crippen molar-refractivity contribution in [3.8, 4) is 5.75 Å². The summed E-state index contributed by atoms with van der Waals surface area (Å²) in [6.07, 6.45) is -0.878. The van der Waals surface area contributed by atoms with E-state index >= 15 is 0 Å². The van der Waals surface area contributed by atoms with Crippen LogP contribution < -0.4 is 10.1 Å². The third-order valence-corrected chi connectivity index (χ3v) is 6.92. The highest BCUT2D eigenvalue weighted by Gasteiger charge is 2.46. The highest BCUT2D eigenvalue weighted by Crippen LogP contribution is 2.34. The van der Waals surface area contributed by atoms with E-state index in [0.717, 1.165) is 25.7 Å². The molecule has 0 bridgehead atoms. The molecule has 5 atom stereocenters. The second-order valence-corrected chi connectivity index (χ2v) is 9.45. The highest BCUT2D eigenvalue weighted by atomic mass is 35.5. The summed E-state index contributed by atoms with van der Waals surface area (Å²) < 4.78 is 15.5. The maximum Gasteiger partial charge on any atom is 0.217 e. The van der Waals surface area contributed by atoms with E-state index in [1.807, 2.05) is 4.57 Å². The van der Waals surface area contributed by atoms with Crippen molar-refractivity contribution in [2.45, 2.75) is 75.8 Å². The van der Waals surface area contributed by atoms with Gasteiger partial charge in [0, 0.05) is 18.0 Å². The number of rotatable bonds is 7. The second-order valence-electron chi connectivity index (χ2n) is 8.65. The molecule has 1 amide bonds. The average molecular weight is 513 g/mol. The molecule has 1 aliphatic heterocycles. The number of nitrogens with zero attached hydrogens (tertiary/aromatic N) is 3. The van der Waals surface area contributed by atoms with E-state index in [2.05, 4.69) is 10.4 Å². The molecule has 2 aliphatic rings. The van der Waals surface area contributed by atoms with Crippen molar-refractivity contribution in [1.29, 1.82) is 0 Å². The Hall–Kier alpha value is -2.02. The van der Waals surface area contributed by atoms with Gasteiger partial charge in [-0.05, 0) is 49.3 Å². The minimum Gasteiger partial charge on any atom is -0.486 e. The Bertz CT molecular complexity index is 1050. The standard InChI is InChI=1S/C22H29ClN4O6S/c1-12(29)24-18-20(31)19(30)16(10-28)33-21(18)27-22(34)26(14-4-2-3-5-14)17(25-27)11-32-15-8-6-13(23)7-9-15/h6-9,14,16,18-21,28,30-31H,2-5,10-11H2,1H3,(H,24,29)/t16-,18-,19-,20-,21-/m1/s1.